The van der Waals surface area contributed by atoms with Gasteiger partial charge in [-0.3, -0.25) is 28.0 Å². The monoisotopic (exact) mass is 1080 g/mol. The van der Waals surface area contributed by atoms with Crippen molar-refractivity contribution < 1.29 is 55.6 Å². The second kappa shape index (κ2) is 22.8. The molecule has 26 heteroatoms. The Morgan fingerprint density at radius 3 is 1.37 bits per heavy atom. The second-order valence-electron chi connectivity index (χ2n) is 15.5. The van der Waals surface area contributed by atoms with E-state index in [1.54, 1.807) is 81.9 Å². The maximum atomic E-state index is 13.3. The topological polar surface area (TPSA) is 269 Å². The van der Waals surface area contributed by atoms with Gasteiger partial charge in [-0.2, -0.15) is 26.3 Å². The molecule has 0 atom stereocenters. The first kappa shape index (κ1) is 55.6. The third-order valence-electron chi connectivity index (χ3n) is 9.89. The lowest BCUT2D eigenvalue weighted by atomic mass is 9.80. The number of hydrogen-bond donors (Lipinski definition) is 8. The number of alkyl halides is 6. The van der Waals surface area contributed by atoms with Gasteiger partial charge in [-0.25, -0.2) is 19.9 Å². The van der Waals surface area contributed by atoms with Crippen molar-refractivity contribution >= 4 is 98.1 Å². The number of carbonyl (C=O) groups excluding carboxylic acids is 4. The quantitative estimate of drug-likeness (QED) is 0.0528. The van der Waals surface area contributed by atoms with Gasteiger partial charge < -0.3 is 42.8 Å². The van der Waals surface area contributed by atoms with Gasteiger partial charge in [0.05, 0.1) is 16.8 Å². The molecule has 0 unspecified atom stereocenters. The molecular formula is C47H44BBrF6N12O6. The molecule has 0 aliphatic carbocycles. The summed E-state index contributed by atoms with van der Waals surface area (Å²) in [5.74, 6) is -1.58. The molecule has 0 radical (unpaired) electrons. The number of anilines is 6. The molecule has 2 aromatic carbocycles. The minimum Gasteiger partial charge on any atom is -0.423 e. The van der Waals surface area contributed by atoms with Crippen LogP contribution in [-0.4, -0.2) is 69.5 Å². The van der Waals surface area contributed by atoms with Gasteiger partial charge in [-0.1, -0.05) is 31.7 Å². The number of imidazole rings is 2. The SMILES string of the molecule is C.CC(=O)Nc1ccc(-c2c(NC(C)=O)nc3ccc(-c4cnc(N)c(C(F)(F)F)c4)cn23)cc1.CC(=O)Nc1ccc(B(O)O)cc1.CC(=O)Nc1nc2ccc(-c3cnc(N)c(C(F)(F)F)c3)cn2c1Br. The summed E-state index contributed by atoms with van der Waals surface area (Å²) < 4.78 is 82.7. The Kier molecular flexibility index (Phi) is 17.4. The Morgan fingerprint density at radius 2 is 0.945 bits per heavy atom. The average Bonchev–Trinajstić information content (AvgIpc) is 3.80. The standard InChI is InChI=1S/C23H19F3N6O2.C15H11BrF3N5O.C8H10BNO3.CH4/c1-12(33)29-17-6-3-14(4-7-17)20-22(30-13(2)34)31-19-8-5-15(11-32(19)20)16-9-18(23(24,25)26)21(27)28-10-16;1-7(25)22-14-12(16)24-6-8(2-3-11(24)23-14)9-4-10(15(17,18)19)13(20)21-5-9;1-6(11)10-8-4-2-7(3-5-8)9(12)13;/h3-11H,1-2H3,(H2,27,28)(H,29,33)(H,30,34);2-6H,1H3,(H2,20,21)(H,22,25);2-5,12-13H,1H3,(H,10,11);1H4. The van der Waals surface area contributed by atoms with E-state index in [0.29, 0.717) is 60.9 Å². The van der Waals surface area contributed by atoms with Crippen LogP contribution >= 0.6 is 15.9 Å². The molecule has 10 N–H and O–H groups in total. The van der Waals surface area contributed by atoms with E-state index < -0.39 is 42.2 Å². The second-order valence-corrected chi connectivity index (χ2v) is 16.2. The zero-order valence-corrected chi connectivity index (χ0v) is 39.6. The number of carbonyl (C=O) groups is 4. The van der Waals surface area contributed by atoms with E-state index in [1.807, 2.05) is 0 Å². The van der Waals surface area contributed by atoms with Gasteiger partial charge in [0.1, 0.15) is 27.5 Å². The van der Waals surface area contributed by atoms with Gasteiger partial charge in [-0.15, -0.1) is 0 Å². The maximum absolute atomic E-state index is 13.3. The van der Waals surface area contributed by atoms with Crippen molar-refractivity contribution in [3.8, 4) is 33.5 Å². The number of halogens is 7. The summed E-state index contributed by atoms with van der Waals surface area (Å²) in [5, 5.41) is 28.0. The number of aromatic nitrogens is 6. The van der Waals surface area contributed by atoms with Crippen molar-refractivity contribution in [3.05, 3.63) is 125 Å². The van der Waals surface area contributed by atoms with Gasteiger partial charge in [0.15, 0.2) is 11.6 Å². The van der Waals surface area contributed by atoms with Crippen molar-refractivity contribution in [1.29, 1.82) is 0 Å². The molecule has 6 aromatic heterocycles. The van der Waals surface area contributed by atoms with Gasteiger partial charge in [0.25, 0.3) is 0 Å². The predicted molar refractivity (Wildman–Crippen MR) is 269 cm³/mol. The minimum absolute atomic E-state index is 0. The summed E-state index contributed by atoms with van der Waals surface area (Å²) in [6.45, 7) is 5.50. The number of nitrogens with one attached hydrogen (secondary N) is 4. The van der Waals surface area contributed by atoms with Gasteiger partial charge in [-0.05, 0) is 82.1 Å². The third-order valence-corrected chi connectivity index (χ3v) is 10.6. The minimum atomic E-state index is -4.65. The largest absolute Gasteiger partial charge is 0.488 e. The molecule has 0 saturated heterocycles. The van der Waals surface area contributed by atoms with E-state index in [2.05, 4.69) is 57.1 Å². The van der Waals surface area contributed by atoms with Gasteiger partial charge >= 0.3 is 19.5 Å². The van der Waals surface area contributed by atoms with Crippen LogP contribution in [0.3, 0.4) is 0 Å². The summed E-state index contributed by atoms with van der Waals surface area (Å²) >= 11 is 3.32. The molecule has 4 amide bonds. The van der Waals surface area contributed by atoms with Crippen molar-refractivity contribution in [2.24, 2.45) is 0 Å². The lowest BCUT2D eigenvalue weighted by Gasteiger charge is -2.12. The fourth-order valence-electron chi connectivity index (χ4n) is 6.76. The van der Waals surface area contributed by atoms with E-state index in [4.69, 9.17) is 21.5 Å². The molecule has 0 aliphatic rings. The molecule has 0 aliphatic heterocycles. The van der Waals surface area contributed by atoms with Crippen LogP contribution in [0, 0.1) is 0 Å². The van der Waals surface area contributed by atoms with Crippen LogP contribution in [0.2, 0.25) is 0 Å². The smallest absolute Gasteiger partial charge is 0.423 e. The van der Waals surface area contributed by atoms with Crippen molar-refractivity contribution in [1.82, 2.24) is 28.7 Å². The fourth-order valence-corrected chi connectivity index (χ4v) is 7.23. The number of hydrogen-bond acceptors (Lipinski definition) is 12. The fraction of sp³-hybridized carbons (Fsp3) is 0.149. The Bertz CT molecular complexity index is 3330. The first-order chi connectivity index (χ1) is 33.8. The number of benzene rings is 2. The van der Waals surface area contributed by atoms with Crippen LogP contribution in [0.15, 0.2) is 114 Å². The van der Waals surface area contributed by atoms with Crippen LogP contribution in [0.5, 0.6) is 0 Å². The van der Waals surface area contributed by atoms with Gasteiger partial charge in [0, 0.05) is 91.7 Å². The van der Waals surface area contributed by atoms with E-state index in [-0.39, 0.29) is 48.0 Å². The number of rotatable bonds is 8. The number of nitrogens with zero attached hydrogens (tertiary/aromatic N) is 6. The van der Waals surface area contributed by atoms with Crippen molar-refractivity contribution in [2.75, 3.05) is 32.7 Å². The Hall–Kier alpha value is -8.36. The zero-order chi connectivity index (χ0) is 52.8. The highest BCUT2D eigenvalue weighted by atomic mass is 79.9. The maximum Gasteiger partial charge on any atom is 0.488 e. The number of nitrogen functional groups attached to an aromatic ring is 2. The van der Waals surface area contributed by atoms with E-state index in [1.165, 1.54) is 52.2 Å². The van der Waals surface area contributed by atoms with Crippen LogP contribution in [0.25, 0.3) is 44.8 Å². The van der Waals surface area contributed by atoms with Crippen LogP contribution in [0.4, 0.5) is 61.0 Å². The zero-order valence-electron chi connectivity index (χ0n) is 38.0. The highest BCUT2D eigenvalue weighted by molar-refractivity contribution is 9.10. The highest BCUT2D eigenvalue weighted by Gasteiger charge is 2.35. The highest BCUT2D eigenvalue weighted by Crippen LogP contribution is 2.38. The molecule has 0 saturated carbocycles. The Morgan fingerprint density at radius 1 is 0.562 bits per heavy atom. The lowest BCUT2D eigenvalue weighted by Crippen LogP contribution is -2.29. The summed E-state index contributed by atoms with van der Waals surface area (Å²) in [6, 6.07) is 21.5. The number of pyridine rings is 4. The lowest BCUT2D eigenvalue weighted by molar-refractivity contribution is -0.137. The molecule has 0 fully saturated rings. The molecule has 8 aromatic rings. The van der Waals surface area contributed by atoms with Crippen molar-refractivity contribution in [3.63, 3.8) is 0 Å². The van der Waals surface area contributed by atoms with Crippen LogP contribution in [0.1, 0.15) is 46.2 Å². The molecule has 0 spiro atoms. The Labute approximate surface area is 420 Å². The molecular weight excluding hydrogens is 1030 g/mol. The summed E-state index contributed by atoms with van der Waals surface area (Å²) in [6.07, 6.45) is -3.51. The number of nitrogens with two attached hydrogens (primary N) is 2. The predicted octanol–water partition coefficient (Wildman–Crippen LogP) is 8.26. The molecule has 0 bridgehead atoms. The van der Waals surface area contributed by atoms with Crippen molar-refractivity contribution in [2.45, 2.75) is 47.5 Å². The van der Waals surface area contributed by atoms with Crippen LogP contribution < -0.4 is 38.2 Å². The molecule has 8 rings (SSSR count). The van der Waals surface area contributed by atoms with E-state index in [0.717, 1.165) is 12.1 Å². The molecule has 6 heterocycles. The molecule has 18 nitrogen and oxygen atoms in total. The third kappa shape index (κ3) is 14.0. The summed E-state index contributed by atoms with van der Waals surface area (Å²) in [7, 11) is -1.47. The first-order valence-corrected chi connectivity index (χ1v) is 21.6. The summed E-state index contributed by atoms with van der Waals surface area (Å²) in [4.78, 5) is 60.9. The van der Waals surface area contributed by atoms with Crippen LogP contribution in [-0.2, 0) is 31.5 Å². The summed E-state index contributed by atoms with van der Waals surface area (Å²) in [5.41, 5.74) is 13.9. The van der Waals surface area contributed by atoms with E-state index in [9.17, 15) is 45.5 Å². The number of amides is 4. The first-order valence-electron chi connectivity index (χ1n) is 20.8. The molecule has 380 valence electrons. The van der Waals surface area contributed by atoms with Gasteiger partial charge in [0.2, 0.25) is 23.6 Å². The van der Waals surface area contributed by atoms with E-state index >= 15 is 0 Å². The number of fused-ring (bicyclic) bond motifs is 2. The molecule has 73 heavy (non-hydrogen) atoms. The average molecular weight is 1080 g/mol. The normalized spacial score (nSPS) is 11.0. The Balaban J connectivity index is 0.000000222.